The number of furan rings is 1. The first-order valence-corrected chi connectivity index (χ1v) is 8.40. The van der Waals surface area contributed by atoms with Crippen molar-refractivity contribution in [3.05, 3.63) is 48.4 Å². The molecule has 1 aromatic heterocycles. The maximum absolute atomic E-state index is 12.4. The van der Waals surface area contributed by atoms with Gasteiger partial charge in [-0.3, -0.25) is 9.59 Å². The minimum Gasteiger partial charge on any atom is -0.497 e. The minimum atomic E-state index is -0.663. The number of amides is 2. The fraction of sp³-hybridized carbons (Fsp3) is 0.368. The molecule has 1 atom stereocenters. The van der Waals surface area contributed by atoms with Gasteiger partial charge in [-0.15, -0.1) is 0 Å². The van der Waals surface area contributed by atoms with Gasteiger partial charge in [0.1, 0.15) is 24.1 Å². The zero-order valence-electron chi connectivity index (χ0n) is 15.2. The largest absolute Gasteiger partial charge is 0.497 e. The van der Waals surface area contributed by atoms with Crippen molar-refractivity contribution in [3.8, 4) is 11.5 Å². The molecule has 0 spiro atoms. The molecule has 2 aromatic rings. The summed E-state index contributed by atoms with van der Waals surface area (Å²) in [5.74, 6) is 0.765. The van der Waals surface area contributed by atoms with E-state index in [0.29, 0.717) is 24.7 Å². The van der Waals surface area contributed by atoms with E-state index in [4.69, 9.17) is 13.9 Å². The second kappa shape index (κ2) is 9.50. The summed E-state index contributed by atoms with van der Waals surface area (Å²) in [6, 6.07) is 9.73. The first kappa shape index (κ1) is 19.4. The smallest absolute Gasteiger partial charge is 0.287 e. The van der Waals surface area contributed by atoms with Gasteiger partial charge in [0.25, 0.3) is 5.91 Å². The van der Waals surface area contributed by atoms with Crippen LogP contribution >= 0.6 is 0 Å². The van der Waals surface area contributed by atoms with Crippen molar-refractivity contribution in [1.29, 1.82) is 0 Å². The van der Waals surface area contributed by atoms with Gasteiger partial charge < -0.3 is 24.5 Å². The summed E-state index contributed by atoms with van der Waals surface area (Å²) in [7, 11) is 1.59. The van der Waals surface area contributed by atoms with Crippen LogP contribution in [0.4, 0.5) is 0 Å². The Hall–Kier alpha value is -2.96. The molecule has 2 amide bonds. The summed E-state index contributed by atoms with van der Waals surface area (Å²) in [5, 5.41) is 5.46. The number of ether oxygens (including phenoxy) is 2. The second-order valence-corrected chi connectivity index (χ2v) is 5.99. The number of methoxy groups -OCH3 is 1. The Morgan fingerprint density at radius 3 is 2.58 bits per heavy atom. The lowest BCUT2D eigenvalue weighted by atomic mass is 10.0. The highest BCUT2D eigenvalue weighted by atomic mass is 16.5. The Labute approximate surface area is 152 Å². The van der Waals surface area contributed by atoms with E-state index in [9.17, 15) is 9.59 Å². The Morgan fingerprint density at radius 2 is 1.92 bits per heavy atom. The van der Waals surface area contributed by atoms with Crippen LogP contribution in [0.15, 0.2) is 47.1 Å². The molecule has 1 unspecified atom stereocenters. The predicted octanol–water partition coefficient (Wildman–Crippen LogP) is 2.24. The molecule has 7 nitrogen and oxygen atoms in total. The number of nitrogens with one attached hydrogen (secondary N) is 2. The van der Waals surface area contributed by atoms with Gasteiger partial charge in [-0.25, -0.2) is 0 Å². The number of hydrogen-bond donors (Lipinski definition) is 2. The van der Waals surface area contributed by atoms with Gasteiger partial charge in [-0.2, -0.15) is 0 Å². The molecule has 0 bridgehead atoms. The molecule has 1 aromatic carbocycles. The van der Waals surface area contributed by atoms with Gasteiger partial charge in [0.2, 0.25) is 5.91 Å². The van der Waals surface area contributed by atoms with Crippen LogP contribution in [-0.4, -0.2) is 38.1 Å². The molecular weight excluding hydrogens is 336 g/mol. The Bertz CT molecular complexity index is 712. The van der Waals surface area contributed by atoms with E-state index >= 15 is 0 Å². The summed E-state index contributed by atoms with van der Waals surface area (Å²) in [6.45, 7) is 4.34. The first-order chi connectivity index (χ1) is 12.5. The molecule has 0 saturated carbocycles. The summed E-state index contributed by atoms with van der Waals surface area (Å²) in [4.78, 5) is 24.4. The van der Waals surface area contributed by atoms with Gasteiger partial charge in [-0.05, 0) is 30.2 Å². The zero-order chi connectivity index (χ0) is 18.9. The molecule has 0 radical (unpaired) electrons. The third-order valence-electron chi connectivity index (χ3n) is 3.69. The van der Waals surface area contributed by atoms with E-state index < -0.39 is 11.9 Å². The van der Waals surface area contributed by atoms with E-state index in [-0.39, 0.29) is 17.6 Å². The number of rotatable bonds is 9. The fourth-order valence-electron chi connectivity index (χ4n) is 2.30. The summed E-state index contributed by atoms with van der Waals surface area (Å²) >= 11 is 0. The number of hydrogen-bond acceptors (Lipinski definition) is 5. The number of carbonyl (C=O) groups excluding carboxylic acids is 2. The molecule has 0 aliphatic carbocycles. The van der Waals surface area contributed by atoms with Crippen molar-refractivity contribution in [2.24, 2.45) is 5.92 Å². The van der Waals surface area contributed by atoms with Crippen LogP contribution in [-0.2, 0) is 4.79 Å². The third kappa shape index (κ3) is 5.54. The molecule has 1 heterocycles. The van der Waals surface area contributed by atoms with Gasteiger partial charge in [0.05, 0.1) is 19.9 Å². The zero-order valence-corrected chi connectivity index (χ0v) is 15.2. The molecule has 2 rings (SSSR count). The lowest BCUT2D eigenvalue weighted by Gasteiger charge is -2.21. The monoisotopic (exact) mass is 360 g/mol. The predicted molar refractivity (Wildman–Crippen MR) is 96.3 cm³/mol. The molecule has 0 aliphatic rings. The van der Waals surface area contributed by atoms with E-state index in [1.165, 1.54) is 6.26 Å². The lowest BCUT2D eigenvalue weighted by Crippen LogP contribution is -2.50. The van der Waals surface area contributed by atoms with Crippen molar-refractivity contribution in [3.63, 3.8) is 0 Å². The van der Waals surface area contributed by atoms with Crippen molar-refractivity contribution in [1.82, 2.24) is 10.6 Å². The van der Waals surface area contributed by atoms with E-state index in [1.807, 2.05) is 32.0 Å². The normalized spacial score (nSPS) is 11.7. The van der Waals surface area contributed by atoms with Crippen molar-refractivity contribution < 1.29 is 23.5 Å². The Kier molecular flexibility index (Phi) is 7.08. The maximum Gasteiger partial charge on any atom is 0.287 e. The van der Waals surface area contributed by atoms with E-state index in [2.05, 4.69) is 10.6 Å². The Morgan fingerprint density at radius 1 is 1.15 bits per heavy atom. The molecule has 0 fully saturated rings. The summed E-state index contributed by atoms with van der Waals surface area (Å²) in [6.07, 6.45) is 1.41. The van der Waals surface area contributed by atoms with Crippen LogP contribution in [0.3, 0.4) is 0 Å². The highest BCUT2D eigenvalue weighted by Crippen LogP contribution is 2.18. The SMILES string of the molecule is COc1cccc(OCCNC(=O)C(NC(=O)c2ccco2)C(C)C)c1. The van der Waals surface area contributed by atoms with Crippen LogP contribution in [0.2, 0.25) is 0 Å². The van der Waals surface area contributed by atoms with Crippen LogP contribution in [0.25, 0.3) is 0 Å². The minimum absolute atomic E-state index is 0.0757. The summed E-state index contributed by atoms with van der Waals surface area (Å²) in [5.41, 5.74) is 0. The first-order valence-electron chi connectivity index (χ1n) is 8.40. The molecule has 7 heteroatoms. The second-order valence-electron chi connectivity index (χ2n) is 5.99. The lowest BCUT2D eigenvalue weighted by molar-refractivity contribution is -0.124. The average Bonchev–Trinajstić information content (AvgIpc) is 3.17. The van der Waals surface area contributed by atoms with Crippen molar-refractivity contribution in [2.75, 3.05) is 20.3 Å². The van der Waals surface area contributed by atoms with Crippen LogP contribution < -0.4 is 20.1 Å². The molecule has 0 saturated heterocycles. The van der Waals surface area contributed by atoms with E-state index in [0.717, 1.165) is 0 Å². The molecule has 140 valence electrons. The number of carbonyl (C=O) groups is 2. The third-order valence-corrected chi connectivity index (χ3v) is 3.69. The van der Waals surface area contributed by atoms with Crippen LogP contribution in [0.5, 0.6) is 11.5 Å². The quantitative estimate of drug-likeness (QED) is 0.670. The summed E-state index contributed by atoms with van der Waals surface area (Å²) < 4.78 is 15.8. The molecule has 2 N–H and O–H groups in total. The molecule has 26 heavy (non-hydrogen) atoms. The fourth-order valence-corrected chi connectivity index (χ4v) is 2.30. The van der Waals surface area contributed by atoms with Gasteiger partial charge in [-0.1, -0.05) is 19.9 Å². The van der Waals surface area contributed by atoms with Crippen LogP contribution in [0, 0.1) is 5.92 Å². The topological polar surface area (TPSA) is 89.8 Å². The Balaban J connectivity index is 1.80. The average molecular weight is 360 g/mol. The van der Waals surface area contributed by atoms with E-state index in [1.54, 1.807) is 25.3 Å². The highest BCUT2D eigenvalue weighted by Gasteiger charge is 2.25. The van der Waals surface area contributed by atoms with Crippen molar-refractivity contribution >= 4 is 11.8 Å². The standard InChI is InChI=1S/C19H24N2O5/c1-13(2)17(21-18(22)16-8-5-10-26-16)19(23)20-9-11-25-15-7-4-6-14(12-15)24-3/h4-8,10,12-13,17H,9,11H2,1-3H3,(H,20,23)(H,21,22). The molecular formula is C19H24N2O5. The van der Waals surface area contributed by atoms with Gasteiger partial charge in [0.15, 0.2) is 5.76 Å². The van der Waals surface area contributed by atoms with Gasteiger partial charge >= 0.3 is 0 Å². The van der Waals surface area contributed by atoms with Crippen molar-refractivity contribution in [2.45, 2.75) is 19.9 Å². The number of benzene rings is 1. The molecule has 0 aliphatic heterocycles. The maximum atomic E-state index is 12.4. The van der Waals surface area contributed by atoms with Crippen LogP contribution in [0.1, 0.15) is 24.4 Å². The highest BCUT2D eigenvalue weighted by molar-refractivity contribution is 5.95. The van der Waals surface area contributed by atoms with Gasteiger partial charge in [0, 0.05) is 6.07 Å².